The number of hydrazine groups is 1. The minimum atomic E-state index is -3.48. The van der Waals surface area contributed by atoms with Crippen molar-refractivity contribution in [2.45, 2.75) is 30.9 Å². The first-order chi connectivity index (χ1) is 8.95. The summed E-state index contributed by atoms with van der Waals surface area (Å²) in [7, 11) is -3.48. The molecule has 1 aliphatic rings. The second-order valence-corrected chi connectivity index (χ2v) is 6.63. The van der Waals surface area contributed by atoms with Gasteiger partial charge in [0.1, 0.15) is 0 Å². The minimum Gasteiger partial charge on any atom is -0.375 e. The highest BCUT2D eigenvalue weighted by atomic mass is 32.2. The third kappa shape index (κ3) is 2.89. The molecule has 0 aliphatic carbocycles. The lowest BCUT2D eigenvalue weighted by Gasteiger charge is -2.35. The molecule has 1 aliphatic heterocycles. The van der Waals surface area contributed by atoms with Gasteiger partial charge in [-0.3, -0.25) is 5.84 Å². The van der Waals surface area contributed by atoms with Crippen molar-refractivity contribution in [3.63, 3.8) is 0 Å². The zero-order valence-corrected chi connectivity index (χ0v) is 11.9. The van der Waals surface area contributed by atoms with E-state index in [-0.39, 0.29) is 17.0 Å². The average molecular weight is 285 g/mol. The van der Waals surface area contributed by atoms with Gasteiger partial charge in [-0.2, -0.15) is 4.31 Å². The molecule has 2 atom stereocenters. The lowest BCUT2D eigenvalue weighted by Crippen LogP contribution is -2.50. The lowest BCUT2D eigenvalue weighted by molar-refractivity contribution is -0.0170. The van der Waals surface area contributed by atoms with Crippen LogP contribution >= 0.6 is 0 Å². The van der Waals surface area contributed by atoms with Crippen LogP contribution in [-0.2, 0) is 14.8 Å². The largest absolute Gasteiger partial charge is 0.375 e. The molecule has 0 bridgehead atoms. The Bertz CT molecular complexity index is 530. The Hall–Kier alpha value is -1.15. The summed E-state index contributed by atoms with van der Waals surface area (Å²) in [6.45, 7) is 4.51. The van der Waals surface area contributed by atoms with Crippen molar-refractivity contribution in [2.24, 2.45) is 5.84 Å². The fraction of sp³-hybridized carbons (Fsp3) is 0.500. The maximum Gasteiger partial charge on any atom is 0.243 e. The number of nitrogens with zero attached hydrogens (tertiary/aromatic N) is 1. The van der Waals surface area contributed by atoms with E-state index in [1.165, 1.54) is 4.31 Å². The molecule has 0 amide bonds. The second-order valence-electron chi connectivity index (χ2n) is 4.74. The summed E-state index contributed by atoms with van der Waals surface area (Å²) in [6, 6.07) is 6.23. The fourth-order valence-electron chi connectivity index (χ4n) is 2.07. The van der Waals surface area contributed by atoms with Crippen LogP contribution in [0.3, 0.4) is 0 Å². The first kappa shape index (κ1) is 14.3. The summed E-state index contributed by atoms with van der Waals surface area (Å²) in [5.74, 6) is 5.27. The molecule has 6 nitrogen and oxygen atoms in total. The van der Waals surface area contributed by atoms with Crippen LogP contribution in [0.4, 0.5) is 5.69 Å². The molecule has 1 aromatic carbocycles. The monoisotopic (exact) mass is 285 g/mol. The molecule has 0 radical (unpaired) electrons. The van der Waals surface area contributed by atoms with E-state index in [0.717, 1.165) is 0 Å². The van der Waals surface area contributed by atoms with E-state index in [1.807, 2.05) is 13.8 Å². The van der Waals surface area contributed by atoms with Gasteiger partial charge in [0.05, 0.1) is 17.6 Å². The maximum atomic E-state index is 12.6. The number of anilines is 1. The summed E-state index contributed by atoms with van der Waals surface area (Å²) >= 11 is 0. The third-order valence-electron chi connectivity index (χ3n) is 3.18. The maximum absolute atomic E-state index is 12.6. The van der Waals surface area contributed by atoms with Crippen LogP contribution in [0, 0.1) is 0 Å². The zero-order valence-electron chi connectivity index (χ0n) is 11.0. The number of benzene rings is 1. The van der Waals surface area contributed by atoms with E-state index in [1.54, 1.807) is 24.3 Å². The summed E-state index contributed by atoms with van der Waals surface area (Å²) in [5, 5.41) is 0. The van der Waals surface area contributed by atoms with E-state index in [9.17, 15) is 8.42 Å². The van der Waals surface area contributed by atoms with Crippen molar-refractivity contribution in [3.05, 3.63) is 24.3 Å². The van der Waals surface area contributed by atoms with Crippen LogP contribution in [-0.4, -0.2) is 38.0 Å². The Labute approximate surface area is 113 Å². The number of hydrogen-bond donors (Lipinski definition) is 2. The van der Waals surface area contributed by atoms with E-state index in [0.29, 0.717) is 18.8 Å². The Morgan fingerprint density at radius 3 is 2.53 bits per heavy atom. The Balaban J connectivity index is 2.29. The summed E-state index contributed by atoms with van der Waals surface area (Å²) in [6.07, 6.45) is -0.0871. The first-order valence-electron chi connectivity index (χ1n) is 6.15. The molecule has 0 saturated carbocycles. The smallest absolute Gasteiger partial charge is 0.243 e. The zero-order chi connectivity index (χ0) is 14.0. The quantitative estimate of drug-likeness (QED) is 0.633. The van der Waals surface area contributed by atoms with Gasteiger partial charge in [-0.15, -0.1) is 0 Å². The van der Waals surface area contributed by atoms with Gasteiger partial charge < -0.3 is 10.2 Å². The molecule has 1 fully saturated rings. The molecular weight excluding hydrogens is 266 g/mol. The van der Waals surface area contributed by atoms with Crippen molar-refractivity contribution in [1.29, 1.82) is 0 Å². The molecular formula is C12H19N3O3S. The Morgan fingerprint density at radius 1 is 1.32 bits per heavy atom. The van der Waals surface area contributed by atoms with Crippen molar-refractivity contribution in [1.82, 2.24) is 4.31 Å². The number of morpholine rings is 1. The lowest BCUT2D eigenvalue weighted by atomic mass is 10.2. The van der Waals surface area contributed by atoms with Crippen molar-refractivity contribution >= 4 is 15.7 Å². The Kier molecular flexibility index (Phi) is 4.10. The highest BCUT2D eigenvalue weighted by Gasteiger charge is 2.33. The van der Waals surface area contributed by atoms with Crippen LogP contribution in [0.1, 0.15) is 13.8 Å². The first-order valence-corrected chi connectivity index (χ1v) is 7.59. The van der Waals surface area contributed by atoms with Crippen LogP contribution in [0.25, 0.3) is 0 Å². The third-order valence-corrected chi connectivity index (χ3v) is 5.17. The molecule has 19 heavy (non-hydrogen) atoms. The van der Waals surface area contributed by atoms with Gasteiger partial charge in [0.2, 0.25) is 10.0 Å². The number of rotatable bonds is 3. The molecule has 3 N–H and O–H groups in total. The fourth-order valence-corrected chi connectivity index (χ4v) is 3.76. The van der Waals surface area contributed by atoms with Crippen LogP contribution in [0.5, 0.6) is 0 Å². The highest BCUT2D eigenvalue weighted by Crippen LogP contribution is 2.23. The van der Waals surface area contributed by atoms with Gasteiger partial charge in [-0.05, 0) is 38.1 Å². The average Bonchev–Trinajstić information content (AvgIpc) is 2.41. The van der Waals surface area contributed by atoms with Gasteiger partial charge in [-0.1, -0.05) is 0 Å². The Morgan fingerprint density at radius 2 is 1.95 bits per heavy atom. The summed E-state index contributed by atoms with van der Waals surface area (Å²) in [5.41, 5.74) is 3.14. The molecule has 0 aromatic heterocycles. The van der Waals surface area contributed by atoms with Crippen molar-refractivity contribution < 1.29 is 13.2 Å². The molecule has 2 unspecified atom stereocenters. The van der Waals surface area contributed by atoms with Crippen molar-refractivity contribution in [3.8, 4) is 0 Å². The van der Waals surface area contributed by atoms with Crippen molar-refractivity contribution in [2.75, 3.05) is 18.6 Å². The van der Waals surface area contributed by atoms with Gasteiger partial charge in [0.15, 0.2) is 0 Å². The second kappa shape index (κ2) is 5.46. The number of nitrogens with one attached hydrogen (secondary N) is 1. The van der Waals surface area contributed by atoms with E-state index < -0.39 is 10.0 Å². The van der Waals surface area contributed by atoms with E-state index in [2.05, 4.69) is 5.43 Å². The molecule has 1 aromatic rings. The standard InChI is InChI=1S/C12H19N3O3S/c1-9-8-18-10(2)7-15(9)19(16,17)12-5-3-11(14-13)4-6-12/h3-6,9-10,14H,7-8,13H2,1-2H3. The van der Waals surface area contributed by atoms with E-state index in [4.69, 9.17) is 10.6 Å². The molecule has 106 valence electrons. The number of sulfonamides is 1. The van der Waals surface area contributed by atoms with Crippen LogP contribution < -0.4 is 11.3 Å². The molecule has 0 spiro atoms. The number of nitrogen functional groups attached to an aromatic ring is 1. The predicted octanol–water partition coefficient (Wildman–Crippen LogP) is 0.770. The topological polar surface area (TPSA) is 84.7 Å². The number of ether oxygens (including phenoxy) is 1. The number of nitrogens with two attached hydrogens (primary N) is 1. The summed E-state index contributed by atoms with van der Waals surface area (Å²) in [4.78, 5) is 0.271. The van der Waals surface area contributed by atoms with Gasteiger partial charge in [-0.25, -0.2) is 8.42 Å². The SMILES string of the molecule is CC1CN(S(=O)(=O)c2ccc(NN)cc2)C(C)CO1. The van der Waals surface area contributed by atoms with Crippen LogP contribution in [0.2, 0.25) is 0 Å². The summed E-state index contributed by atoms with van der Waals surface area (Å²) < 4.78 is 32.1. The number of hydrogen-bond acceptors (Lipinski definition) is 5. The van der Waals surface area contributed by atoms with E-state index >= 15 is 0 Å². The predicted molar refractivity (Wildman–Crippen MR) is 73.0 cm³/mol. The highest BCUT2D eigenvalue weighted by molar-refractivity contribution is 7.89. The van der Waals surface area contributed by atoms with Gasteiger partial charge in [0.25, 0.3) is 0 Å². The van der Waals surface area contributed by atoms with Gasteiger partial charge >= 0.3 is 0 Å². The van der Waals surface area contributed by atoms with Crippen LogP contribution in [0.15, 0.2) is 29.2 Å². The minimum absolute atomic E-state index is 0.0871. The normalized spacial score (nSPS) is 25.2. The molecule has 1 saturated heterocycles. The molecule has 7 heteroatoms. The van der Waals surface area contributed by atoms with Gasteiger partial charge in [0, 0.05) is 18.3 Å². The molecule has 1 heterocycles. The molecule has 2 rings (SSSR count).